The second kappa shape index (κ2) is 7.91. The van der Waals surface area contributed by atoms with Crippen molar-refractivity contribution in [1.29, 1.82) is 0 Å². The van der Waals surface area contributed by atoms with Crippen LogP contribution in [-0.4, -0.2) is 28.6 Å². The van der Waals surface area contributed by atoms with E-state index in [9.17, 15) is 4.39 Å². The van der Waals surface area contributed by atoms with Crippen LogP contribution in [0.4, 0.5) is 16.0 Å². The Hall–Kier alpha value is -2.80. The van der Waals surface area contributed by atoms with E-state index >= 15 is 0 Å². The van der Waals surface area contributed by atoms with Crippen LogP contribution in [0.2, 0.25) is 0 Å². The highest BCUT2D eigenvalue weighted by Gasteiger charge is 2.24. The fourth-order valence-electron chi connectivity index (χ4n) is 3.09. The SMILES string of the molecule is CCOc1ccc(C(C)(C)NC)c2cc(Nc3ccnc(C(C)(C)F)n3)ncc12. The van der Waals surface area contributed by atoms with Gasteiger partial charge in [-0.2, -0.15) is 0 Å². The lowest BCUT2D eigenvalue weighted by Crippen LogP contribution is -2.33. The van der Waals surface area contributed by atoms with Gasteiger partial charge >= 0.3 is 0 Å². The van der Waals surface area contributed by atoms with Crippen LogP contribution in [0, 0.1) is 0 Å². The Kier molecular flexibility index (Phi) is 5.71. The molecule has 0 radical (unpaired) electrons. The van der Waals surface area contributed by atoms with E-state index in [4.69, 9.17) is 4.74 Å². The lowest BCUT2D eigenvalue weighted by Gasteiger charge is -2.27. The molecular formula is C22H28FN5O. The lowest BCUT2D eigenvalue weighted by molar-refractivity contribution is 0.206. The number of aromatic nitrogens is 3. The molecule has 2 N–H and O–H groups in total. The summed E-state index contributed by atoms with van der Waals surface area (Å²) in [6, 6.07) is 7.71. The van der Waals surface area contributed by atoms with Crippen LogP contribution in [0.3, 0.4) is 0 Å². The highest BCUT2D eigenvalue weighted by molar-refractivity contribution is 5.93. The van der Waals surface area contributed by atoms with Gasteiger partial charge in [0.2, 0.25) is 0 Å². The number of ether oxygens (including phenoxy) is 1. The van der Waals surface area contributed by atoms with Gasteiger partial charge in [0, 0.05) is 23.3 Å². The summed E-state index contributed by atoms with van der Waals surface area (Å²) in [6.07, 6.45) is 3.33. The monoisotopic (exact) mass is 397 g/mol. The van der Waals surface area contributed by atoms with Gasteiger partial charge in [0.15, 0.2) is 11.5 Å². The van der Waals surface area contributed by atoms with Crippen LogP contribution in [0.25, 0.3) is 10.8 Å². The van der Waals surface area contributed by atoms with Gasteiger partial charge < -0.3 is 15.4 Å². The third kappa shape index (κ3) is 4.45. The molecule has 0 aliphatic carbocycles. The minimum atomic E-state index is -1.62. The smallest absolute Gasteiger partial charge is 0.167 e. The third-order valence-corrected chi connectivity index (χ3v) is 4.90. The molecule has 0 saturated carbocycles. The number of alkyl halides is 1. The zero-order valence-corrected chi connectivity index (χ0v) is 17.8. The molecular weight excluding hydrogens is 369 g/mol. The maximum atomic E-state index is 14.2. The highest BCUT2D eigenvalue weighted by Crippen LogP contribution is 2.35. The average Bonchev–Trinajstić information content (AvgIpc) is 2.67. The Morgan fingerprint density at radius 1 is 1.03 bits per heavy atom. The van der Waals surface area contributed by atoms with E-state index in [-0.39, 0.29) is 11.4 Å². The Morgan fingerprint density at radius 3 is 2.45 bits per heavy atom. The molecule has 2 aromatic heterocycles. The maximum Gasteiger partial charge on any atom is 0.167 e. The van der Waals surface area contributed by atoms with Crippen LogP contribution < -0.4 is 15.4 Å². The van der Waals surface area contributed by atoms with Crippen molar-refractivity contribution in [3.63, 3.8) is 0 Å². The summed E-state index contributed by atoms with van der Waals surface area (Å²) in [4.78, 5) is 12.8. The number of halogens is 1. The summed E-state index contributed by atoms with van der Waals surface area (Å²) < 4.78 is 20.0. The standard InChI is InChI=1S/C22H28FN5O/c1-7-29-17-9-8-16(22(4,5)24-6)14-12-19(26-13-15(14)17)27-18-10-11-25-20(28-18)21(2,3)23/h8-13,24H,7H2,1-6H3,(H,25,26,27,28). The van der Waals surface area contributed by atoms with Crippen LogP contribution in [0.5, 0.6) is 5.75 Å². The molecule has 0 atom stereocenters. The molecule has 6 nitrogen and oxygen atoms in total. The third-order valence-electron chi connectivity index (χ3n) is 4.90. The number of hydrogen-bond acceptors (Lipinski definition) is 6. The first-order chi connectivity index (χ1) is 13.7. The van der Waals surface area contributed by atoms with Gasteiger partial charge in [-0.1, -0.05) is 6.07 Å². The molecule has 2 heterocycles. The number of rotatable bonds is 7. The number of hydrogen-bond donors (Lipinski definition) is 2. The summed E-state index contributed by atoms with van der Waals surface area (Å²) in [5, 5.41) is 8.47. The Labute approximate surface area is 170 Å². The topological polar surface area (TPSA) is 72.0 Å². The molecule has 0 spiro atoms. The van der Waals surface area contributed by atoms with Crippen molar-refractivity contribution in [2.24, 2.45) is 0 Å². The molecule has 0 amide bonds. The fourth-order valence-corrected chi connectivity index (χ4v) is 3.09. The Morgan fingerprint density at radius 2 is 1.79 bits per heavy atom. The number of nitrogens with zero attached hydrogens (tertiary/aromatic N) is 3. The molecule has 7 heteroatoms. The van der Waals surface area contributed by atoms with Crippen LogP contribution >= 0.6 is 0 Å². The van der Waals surface area contributed by atoms with Gasteiger partial charge in [-0.3, -0.25) is 0 Å². The molecule has 3 rings (SSSR count). The number of nitrogens with one attached hydrogen (secondary N) is 2. The van der Waals surface area contributed by atoms with E-state index in [2.05, 4.69) is 45.5 Å². The van der Waals surface area contributed by atoms with E-state index in [1.54, 1.807) is 12.3 Å². The minimum absolute atomic E-state index is 0.124. The molecule has 1 aromatic carbocycles. The molecule has 0 saturated heterocycles. The van der Waals surface area contributed by atoms with E-state index in [0.29, 0.717) is 18.2 Å². The number of benzene rings is 1. The van der Waals surface area contributed by atoms with E-state index in [1.807, 2.05) is 26.1 Å². The summed E-state index contributed by atoms with van der Waals surface area (Å²) in [5.41, 5.74) is -0.746. The largest absolute Gasteiger partial charge is 0.493 e. The predicted octanol–water partition coefficient (Wildman–Crippen LogP) is 4.83. The Balaban J connectivity index is 2.08. The van der Waals surface area contributed by atoms with E-state index < -0.39 is 5.67 Å². The van der Waals surface area contributed by atoms with Crippen molar-refractivity contribution in [1.82, 2.24) is 20.3 Å². The summed E-state index contributed by atoms with van der Waals surface area (Å²) in [5.74, 6) is 2.02. The Bertz CT molecular complexity index is 1010. The second-order valence-electron chi connectivity index (χ2n) is 7.90. The molecule has 29 heavy (non-hydrogen) atoms. The first-order valence-corrected chi connectivity index (χ1v) is 9.70. The molecule has 0 unspecified atom stereocenters. The molecule has 0 fully saturated rings. The molecule has 154 valence electrons. The first-order valence-electron chi connectivity index (χ1n) is 9.70. The highest BCUT2D eigenvalue weighted by atomic mass is 19.1. The van der Waals surface area contributed by atoms with Gasteiger partial charge in [0.05, 0.1) is 6.61 Å². The van der Waals surface area contributed by atoms with Crippen LogP contribution in [0.15, 0.2) is 36.7 Å². The zero-order valence-electron chi connectivity index (χ0n) is 17.8. The molecule has 0 aliphatic rings. The summed E-state index contributed by atoms with van der Waals surface area (Å²) in [6.45, 7) is 9.64. The van der Waals surface area contributed by atoms with Gasteiger partial charge in [-0.05, 0) is 70.8 Å². The normalized spacial score (nSPS) is 12.2. The molecule has 0 aliphatic heterocycles. The van der Waals surface area contributed by atoms with E-state index in [1.165, 1.54) is 20.0 Å². The quantitative estimate of drug-likeness (QED) is 0.595. The number of anilines is 2. The van der Waals surface area contributed by atoms with E-state index in [0.717, 1.165) is 22.1 Å². The average molecular weight is 397 g/mol. The second-order valence-corrected chi connectivity index (χ2v) is 7.90. The van der Waals surface area contributed by atoms with Crippen molar-refractivity contribution in [3.8, 4) is 5.75 Å². The van der Waals surface area contributed by atoms with Crippen LogP contribution in [-0.2, 0) is 11.2 Å². The fraction of sp³-hybridized carbons (Fsp3) is 0.409. The zero-order chi connectivity index (χ0) is 21.2. The van der Waals surface area contributed by atoms with Gasteiger partial charge in [0.1, 0.15) is 17.4 Å². The maximum absolute atomic E-state index is 14.2. The van der Waals surface area contributed by atoms with Crippen LogP contribution in [0.1, 0.15) is 46.0 Å². The van der Waals surface area contributed by atoms with Gasteiger partial charge in [-0.25, -0.2) is 19.3 Å². The molecule has 3 aromatic rings. The van der Waals surface area contributed by atoms with Gasteiger partial charge in [-0.15, -0.1) is 0 Å². The number of fused-ring (bicyclic) bond motifs is 1. The first kappa shape index (κ1) is 20.9. The van der Waals surface area contributed by atoms with Crippen molar-refractivity contribution < 1.29 is 9.13 Å². The van der Waals surface area contributed by atoms with Crippen molar-refractivity contribution in [3.05, 3.63) is 48.0 Å². The summed E-state index contributed by atoms with van der Waals surface area (Å²) in [7, 11) is 1.93. The van der Waals surface area contributed by atoms with Crippen molar-refractivity contribution in [2.75, 3.05) is 19.0 Å². The minimum Gasteiger partial charge on any atom is -0.493 e. The lowest BCUT2D eigenvalue weighted by atomic mass is 9.90. The van der Waals surface area contributed by atoms with Gasteiger partial charge in [0.25, 0.3) is 0 Å². The predicted molar refractivity (Wildman–Crippen MR) is 114 cm³/mol. The molecule has 0 bridgehead atoms. The van der Waals surface area contributed by atoms with Crippen molar-refractivity contribution >= 4 is 22.4 Å². The number of pyridine rings is 1. The summed E-state index contributed by atoms with van der Waals surface area (Å²) >= 11 is 0. The van der Waals surface area contributed by atoms with Crippen molar-refractivity contribution in [2.45, 2.75) is 45.8 Å².